The Morgan fingerprint density at radius 2 is 1.90 bits per heavy atom. The number of aryl methyl sites for hydroxylation is 2. The fourth-order valence-corrected chi connectivity index (χ4v) is 2.37. The van der Waals surface area contributed by atoms with Crippen LogP contribution in [-0.2, 0) is 0 Å². The number of nitrogens with two attached hydrogens (primary N) is 1. The van der Waals surface area contributed by atoms with Gasteiger partial charge < -0.3 is 4.74 Å². The molecule has 0 aliphatic heterocycles. The highest BCUT2D eigenvalue weighted by atomic mass is 19.1. The average molecular weight is 274 g/mol. The first-order valence-electron chi connectivity index (χ1n) is 6.43. The van der Waals surface area contributed by atoms with E-state index >= 15 is 0 Å². The number of nitrogens with one attached hydrogen (secondary N) is 1. The molecule has 4 heteroatoms. The highest BCUT2D eigenvalue weighted by molar-refractivity contribution is 5.41. The van der Waals surface area contributed by atoms with E-state index in [9.17, 15) is 4.39 Å². The molecule has 2 rings (SSSR count). The summed E-state index contributed by atoms with van der Waals surface area (Å²) in [6.45, 7) is 4.08. The molecule has 3 N–H and O–H groups in total. The first-order chi connectivity index (χ1) is 9.56. The maximum absolute atomic E-state index is 13.5. The van der Waals surface area contributed by atoms with Crippen LogP contribution in [0, 0.1) is 19.7 Å². The van der Waals surface area contributed by atoms with Gasteiger partial charge >= 0.3 is 0 Å². The molecule has 0 aromatic heterocycles. The second kappa shape index (κ2) is 6.03. The molecule has 3 nitrogen and oxygen atoms in total. The largest absolute Gasteiger partial charge is 0.494 e. The summed E-state index contributed by atoms with van der Waals surface area (Å²) in [5, 5.41) is 0. The predicted octanol–water partition coefficient (Wildman–Crippen LogP) is 3.00. The zero-order chi connectivity index (χ0) is 14.7. The van der Waals surface area contributed by atoms with E-state index in [2.05, 4.69) is 11.5 Å². The zero-order valence-corrected chi connectivity index (χ0v) is 11.9. The third kappa shape index (κ3) is 2.81. The Bertz CT molecular complexity index is 613. The third-order valence-corrected chi connectivity index (χ3v) is 3.41. The molecule has 0 aliphatic carbocycles. The van der Waals surface area contributed by atoms with Gasteiger partial charge in [-0.3, -0.25) is 5.84 Å². The molecule has 1 unspecified atom stereocenters. The molecule has 20 heavy (non-hydrogen) atoms. The van der Waals surface area contributed by atoms with Crippen LogP contribution in [0.25, 0.3) is 0 Å². The van der Waals surface area contributed by atoms with Gasteiger partial charge in [-0.05, 0) is 42.7 Å². The van der Waals surface area contributed by atoms with E-state index in [4.69, 9.17) is 10.6 Å². The summed E-state index contributed by atoms with van der Waals surface area (Å²) in [6.07, 6.45) is 0. The second-order valence-corrected chi connectivity index (χ2v) is 4.85. The van der Waals surface area contributed by atoms with Gasteiger partial charge in [-0.25, -0.2) is 9.82 Å². The molecule has 0 saturated heterocycles. The number of rotatable bonds is 4. The van der Waals surface area contributed by atoms with Gasteiger partial charge in [-0.15, -0.1) is 0 Å². The summed E-state index contributed by atoms with van der Waals surface area (Å²) in [5.74, 6) is 5.52. The minimum absolute atomic E-state index is 0.204. The van der Waals surface area contributed by atoms with Gasteiger partial charge in [0.2, 0.25) is 0 Å². The van der Waals surface area contributed by atoms with E-state index in [1.165, 1.54) is 18.7 Å². The second-order valence-electron chi connectivity index (χ2n) is 4.85. The number of halogens is 1. The number of hydrazine groups is 1. The standard InChI is InChI=1S/C16H19FN2O/c1-10-4-6-13(11(2)8-10)16(19-18)12-5-7-14(17)15(9-12)20-3/h4-9,16,19H,18H2,1-3H3. The van der Waals surface area contributed by atoms with Crippen molar-refractivity contribution >= 4 is 0 Å². The van der Waals surface area contributed by atoms with Crippen LogP contribution in [0.3, 0.4) is 0 Å². The van der Waals surface area contributed by atoms with Crippen molar-refractivity contribution in [2.75, 3.05) is 7.11 Å². The highest BCUT2D eigenvalue weighted by Crippen LogP contribution is 2.28. The van der Waals surface area contributed by atoms with E-state index in [0.29, 0.717) is 0 Å². The minimum atomic E-state index is -0.382. The summed E-state index contributed by atoms with van der Waals surface area (Å²) in [7, 11) is 1.45. The van der Waals surface area contributed by atoms with Crippen molar-refractivity contribution in [3.05, 3.63) is 64.5 Å². The summed E-state index contributed by atoms with van der Waals surface area (Å²) < 4.78 is 18.5. The Morgan fingerprint density at radius 1 is 1.15 bits per heavy atom. The van der Waals surface area contributed by atoms with Crippen molar-refractivity contribution in [2.24, 2.45) is 5.84 Å². The molecule has 0 saturated carbocycles. The molecular weight excluding hydrogens is 255 g/mol. The van der Waals surface area contributed by atoms with Gasteiger partial charge in [-0.1, -0.05) is 29.8 Å². The van der Waals surface area contributed by atoms with Crippen LogP contribution in [0.2, 0.25) is 0 Å². The lowest BCUT2D eigenvalue weighted by Gasteiger charge is -2.20. The summed E-state index contributed by atoms with van der Waals surface area (Å²) in [5.41, 5.74) is 7.04. The molecule has 0 amide bonds. The van der Waals surface area contributed by atoms with Crippen LogP contribution in [0.4, 0.5) is 4.39 Å². The van der Waals surface area contributed by atoms with Crippen LogP contribution in [0.15, 0.2) is 36.4 Å². The van der Waals surface area contributed by atoms with Crippen molar-refractivity contribution in [1.29, 1.82) is 0 Å². The van der Waals surface area contributed by atoms with Gasteiger partial charge in [0.1, 0.15) is 0 Å². The maximum atomic E-state index is 13.5. The molecule has 0 heterocycles. The SMILES string of the molecule is COc1cc(C(NN)c2ccc(C)cc2C)ccc1F. The van der Waals surface area contributed by atoms with Crippen molar-refractivity contribution in [3.8, 4) is 5.75 Å². The predicted molar refractivity (Wildman–Crippen MR) is 78.0 cm³/mol. The first kappa shape index (κ1) is 14.5. The van der Waals surface area contributed by atoms with E-state index in [1.54, 1.807) is 12.1 Å². The van der Waals surface area contributed by atoms with Crippen LogP contribution in [0.1, 0.15) is 28.3 Å². The lowest BCUT2D eigenvalue weighted by Crippen LogP contribution is -2.29. The van der Waals surface area contributed by atoms with Crippen molar-refractivity contribution in [3.63, 3.8) is 0 Å². The Hall–Kier alpha value is -1.91. The van der Waals surface area contributed by atoms with Crippen molar-refractivity contribution < 1.29 is 9.13 Å². The Labute approximate surface area is 118 Å². The number of ether oxygens (including phenoxy) is 1. The fourth-order valence-electron chi connectivity index (χ4n) is 2.37. The topological polar surface area (TPSA) is 47.3 Å². The molecule has 0 fully saturated rings. The van der Waals surface area contributed by atoms with Crippen molar-refractivity contribution in [2.45, 2.75) is 19.9 Å². The molecular formula is C16H19FN2O. The molecule has 1 atom stereocenters. The quantitative estimate of drug-likeness (QED) is 0.665. The summed E-state index contributed by atoms with van der Waals surface area (Å²) in [4.78, 5) is 0. The third-order valence-electron chi connectivity index (χ3n) is 3.41. The molecule has 2 aromatic carbocycles. The summed E-state index contributed by atoms with van der Waals surface area (Å²) >= 11 is 0. The number of hydrogen-bond acceptors (Lipinski definition) is 3. The Balaban J connectivity index is 2.46. The number of hydrogen-bond donors (Lipinski definition) is 2. The molecule has 0 aliphatic rings. The van der Waals surface area contributed by atoms with Gasteiger partial charge in [0.05, 0.1) is 13.2 Å². The van der Waals surface area contributed by atoms with Crippen molar-refractivity contribution in [1.82, 2.24) is 5.43 Å². The minimum Gasteiger partial charge on any atom is -0.494 e. The fraction of sp³-hybridized carbons (Fsp3) is 0.250. The van der Waals surface area contributed by atoms with Gasteiger partial charge in [-0.2, -0.15) is 0 Å². The van der Waals surface area contributed by atoms with E-state index in [0.717, 1.165) is 16.7 Å². The normalized spacial score (nSPS) is 12.2. The number of benzene rings is 2. The van der Waals surface area contributed by atoms with Crippen LogP contribution >= 0.6 is 0 Å². The lowest BCUT2D eigenvalue weighted by molar-refractivity contribution is 0.385. The lowest BCUT2D eigenvalue weighted by atomic mass is 9.94. The van der Waals surface area contributed by atoms with E-state index < -0.39 is 0 Å². The van der Waals surface area contributed by atoms with Crippen LogP contribution in [0.5, 0.6) is 5.75 Å². The summed E-state index contributed by atoms with van der Waals surface area (Å²) in [6, 6.07) is 10.7. The smallest absolute Gasteiger partial charge is 0.165 e. The van der Waals surface area contributed by atoms with Crippen LogP contribution in [-0.4, -0.2) is 7.11 Å². The highest BCUT2D eigenvalue weighted by Gasteiger charge is 2.16. The monoisotopic (exact) mass is 274 g/mol. The van der Waals surface area contributed by atoms with E-state index in [1.807, 2.05) is 26.0 Å². The maximum Gasteiger partial charge on any atom is 0.165 e. The van der Waals surface area contributed by atoms with E-state index in [-0.39, 0.29) is 17.6 Å². The van der Waals surface area contributed by atoms with Gasteiger partial charge in [0.15, 0.2) is 11.6 Å². The number of methoxy groups -OCH3 is 1. The van der Waals surface area contributed by atoms with Gasteiger partial charge in [0.25, 0.3) is 0 Å². The Morgan fingerprint density at radius 3 is 2.50 bits per heavy atom. The molecule has 0 spiro atoms. The molecule has 2 aromatic rings. The molecule has 0 radical (unpaired) electrons. The molecule has 106 valence electrons. The molecule has 0 bridgehead atoms. The average Bonchev–Trinajstić information content (AvgIpc) is 2.43. The van der Waals surface area contributed by atoms with Crippen LogP contribution < -0.4 is 16.0 Å². The Kier molecular flexibility index (Phi) is 4.37. The zero-order valence-electron chi connectivity index (χ0n) is 11.9. The first-order valence-corrected chi connectivity index (χ1v) is 6.43. The van der Waals surface area contributed by atoms with Gasteiger partial charge in [0, 0.05) is 0 Å².